The maximum absolute atomic E-state index is 13.8. The lowest BCUT2D eigenvalue weighted by Crippen LogP contribution is -2.01. The summed E-state index contributed by atoms with van der Waals surface area (Å²) >= 11 is 6.20. The molecule has 1 aromatic heterocycles. The minimum Gasteiger partial charge on any atom is -0.497 e. The number of rotatable bonds is 2. The number of aromatic nitrogens is 2. The van der Waals surface area contributed by atoms with Crippen molar-refractivity contribution in [2.75, 3.05) is 12.8 Å². The van der Waals surface area contributed by atoms with Gasteiger partial charge in [-0.2, -0.15) is 0 Å². The molecule has 0 radical (unpaired) electrons. The molecular weight excluding hydrogens is 281 g/mol. The third-order valence-corrected chi connectivity index (χ3v) is 3.38. The third-order valence-electron chi connectivity index (χ3n) is 3.06. The normalized spacial score (nSPS) is 10.9. The Balaban J connectivity index is 2.35. The molecule has 0 amide bonds. The van der Waals surface area contributed by atoms with Crippen LogP contribution >= 0.6 is 11.6 Å². The Hall–Kier alpha value is -2.27. The van der Waals surface area contributed by atoms with E-state index < -0.39 is 5.82 Å². The summed E-state index contributed by atoms with van der Waals surface area (Å²) in [5.74, 6) is 0.370. The number of para-hydroxylation sites is 1. The van der Waals surface area contributed by atoms with Gasteiger partial charge in [0.1, 0.15) is 11.3 Å². The quantitative estimate of drug-likeness (QED) is 0.787. The first-order valence-corrected chi connectivity index (χ1v) is 6.26. The second kappa shape index (κ2) is 4.68. The van der Waals surface area contributed by atoms with Gasteiger partial charge in [0.25, 0.3) is 0 Å². The van der Waals surface area contributed by atoms with Crippen LogP contribution in [-0.2, 0) is 0 Å². The summed E-state index contributed by atoms with van der Waals surface area (Å²) in [7, 11) is 1.56. The van der Waals surface area contributed by atoms with Gasteiger partial charge < -0.3 is 10.5 Å². The van der Waals surface area contributed by atoms with Crippen molar-refractivity contribution in [1.29, 1.82) is 0 Å². The van der Waals surface area contributed by atoms with Gasteiger partial charge in [-0.15, -0.1) is 0 Å². The van der Waals surface area contributed by atoms with E-state index >= 15 is 0 Å². The van der Waals surface area contributed by atoms with Gasteiger partial charge in [-0.1, -0.05) is 17.7 Å². The highest BCUT2D eigenvalue weighted by molar-refractivity contribution is 6.32. The van der Waals surface area contributed by atoms with Crippen LogP contribution in [0.1, 0.15) is 0 Å². The molecule has 0 atom stereocenters. The number of ether oxygens (including phenoxy) is 1. The molecule has 2 N–H and O–H groups in total. The fraction of sp³-hybridized carbons (Fsp3) is 0.0714. The number of imidazole rings is 1. The molecule has 0 aliphatic carbocycles. The van der Waals surface area contributed by atoms with Crippen LogP contribution in [0.3, 0.4) is 0 Å². The SMILES string of the molecule is COc1ccc(Cl)c(-n2c(N)nc3c(F)cccc32)c1. The third kappa shape index (κ3) is 1.87. The van der Waals surface area contributed by atoms with Crippen LogP contribution in [0.2, 0.25) is 5.02 Å². The molecule has 0 saturated carbocycles. The van der Waals surface area contributed by atoms with Gasteiger partial charge in [-0.3, -0.25) is 4.57 Å². The highest BCUT2D eigenvalue weighted by Gasteiger charge is 2.15. The lowest BCUT2D eigenvalue weighted by molar-refractivity contribution is 0.414. The van der Waals surface area contributed by atoms with Gasteiger partial charge in [0.15, 0.2) is 5.82 Å². The number of hydrogen-bond donors (Lipinski definition) is 1. The fourth-order valence-corrected chi connectivity index (χ4v) is 2.33. The molecule has 0 saturated heterocycles. The van der Waals surface area contributed by atoms with Crippen LogP contribution in [0, 0.1) is 5.82 Å². The summed E-state index contributed by atoms with van der Waals surface area (Å²) in [6, 6.07) is 9.83. The average Bonchev–Trinajstić information content (AvgIpc) is 2.77. The van der Waals surface area contributed by atoms with Gasteiger partial charge in [-0.05, 0) is 24.3 Å². The predicted octanol–water partition coefficient (Wildman–Crippen LogP) is 3.41. The Morgan fingerprint density at radius 2 is 2.10 bits per heavy atom. The van der Waals surface area contributed by atoms with E-state index in [9.17, 15) is 4.39 Å². The Morgan fingerprint density at radius 3 is 2.85 bits per heavy atom. The molecule has 1 heterocycles. The highest BCUT2D eigenvalue weighted by atomic mass is 35.5. The zero-order valence-electron chi connectivity index (χ0n) is 10.6. The standard InChI is InChI=1S/C14H11ClFN3O/c1-20-8-5-6-9(15)12(7-8)19-11-4-2-3-10(16)13(11)18-14(19)17/h2-7H,1H3,(H2,17,18). The smallest absolute Gasteiger partial charge is 0.206 e. The molecule has 4 nitrogen and oxygen atoms in total. The van der Waals surface area contributed by atoms with Crippen molar-refractivity contribution in [2.45, 2.75) is 0 Å². The first-order valence-electron chi connectivity index (χ1n) is 5.88. The first-order chi connectivity index (χ1) is 9.61. The lowest BCUT2D eigenvalue weighted by Gasteiger charge is -2.10. The fourth-order valence-electron chi connectivity index (χ4n) is 2.13. The van der Waals surface area contributed by atoms with Crippen molar-refractivity contribution < 1.29 is 9.13 Å². The van der Waals surface area contributed by atoms with Crippen molar-refractivity contribution in [2.24, 2.45) is 0 Å². The highest BCUT2D eigenvalue weighted by Crippen LogP contribution is 2.31. The van der Waals surface area contributed by atoms with Crippen molar-refractivity contribution >= 4 is 28.6 Å². The number of fused-ring (bicyclic) bond motifs is 1. The summed E-state index contributed by atoms with van der Waals surface area (Å²) in [4.78, 5) is 4.05. The number of halogens is 2. The van der Waals surface area contributed by atoms with Crippen LogP contribution in [0.4, 0.5) is 10.3 Å². The van der Waals surface area contributed by atoms with Crippen LogP contribution in [0.15, 0.2) is 36.4 Å². The Morgan fingerprint density at radius 1 is 1.30 bits per heavy atom. The molecule has 0 fully saturated rings. The average molecular weight is 292 g/mol. The molecular formula is C14H11ClFN3O. The molecule has 6 heteroatoms. The molecule has 3 rings (SSSR count). The summed E-state index contributed by atoms with van der Waals surface area (Å²) in [5, 5.41) is 0.473. The number of nitrogens with two attached hydrogens (primary N) is 1. The number of nitrogen functional groups attached to an aromatic ring is 1. The van der Waals surface area contributed by atoms with E-state index in [1.54, 1.807) is 42.0 Å². The molecule has 2 aromatic carbocycles. The molecule has 3 aromatic rings. The zero-order valence-corrected chi connectivity index (χ0v) is 11.4. The Kier molecular flexibility index (Phi) is 2.99. The first kappa shape index (κ1) is 12.7. The molecule has 0 unspecified atom stereocenters. The minimum absolute atomic E-state index is 0.167. The number of anilines is 1. The predicted molar refractivity (Wildman–Crippen MR) is 77.0 cm³/mol. The molecule has 102 valence electrons. The molecule has 0 aliphatic heterocycles. The Labute approximate surface area is 119 Å². The minimum atomic E-state index is -0.424. The van der Waals surface area contributed by atoms with Gasteiger partial charge in [0, 0.05) is 6.07 Å². The van der Waals surface area contributed by atoms with Crippen LogP contribution < -0.4 is 10.5 Å². The van der Waals surface area contributed by atoms with E-state index in [2.05, 4.69) is 4.98 Å². The van der Waals surface area contributed by atoms with E-state index in [0.717, 1.165) is 0 Å². The van der Waals surface area contributed by atoms with E-state index in [1.807, 2.05) is 0 Å². The van der Waals surface area contributed by atoms with E-state index in [0.29, 0.717) is 22.0 Å². The summed E-state index contributed by atoms with van der Waals surface area (Å²) in [6.45, 7) is 0. The van der Waals surface area contributed by atoms with Gasteiger partial charge in [-0.25, -0.2) is 9.37 Å². The topological polar surface area (TPSA) is 53.1 Å². The van der Waals surface area contributed by atoms with E-state index in [4.69, 9.17) is 22.1 Å². The van der Waals surface area contributed by atoms with E-state index in [-0.39, 0.29) is 11.5 Å². The Bertz CT molecular complexity index is 800. The van der Waals surface area contributed by atoms with Crippen LogP contribution in [0.25, 0.3) is 16.7 Å². The van der Waals surface area contributed by atoms with Crippen molar-refractivity contribution in [3.63, 3.8) is 0 Å². The van der Waals surface area contributed by atoms with Gasteiger partial charge in [0.2, 0.25) is 5.95 Å². The molecule has 20 heavy (non-hydrogen) atoms. The van der Waals surface area contributed by atoms with E-state index in [1.165, 1.54) is 6.07 Å². The number of nitrogens with zero attached hydrogens (tertiary/aromatic N) is 2. The largest absolute Gasteiger partial charge is 0.497 e. The van der Waals surface area contributed by atoms with Crippen LogP contribution in [-0.4, -0.2) is 16.7 Å². The number of hydrogen-bond acceptors (Lipinski definition) is 3. The van der Waals surface area contributed by atoms with Crippen molar-refractivity contribution in [1.82, 2.24) is 9.55 Å². The number of methoxy groups -OCH3 is 1. The molecule has 0 spiro atoms. The lowest BCUT2D eigenvalue weighted by atomic mass is 10.2. The molecule has 0 bridgehead atoms. The molecule has 0 aliphatic rings. The second-order valence-corrected chi connectivity index (χ2v) is 4.64. The van der Waals surface area contributed by atoms with Gasteiger partial charge in [0.05, 0.1) is 23.3 Å². The summed E-state index contributed by atoms with van der Waals surface area (Å²) in [5.41, 5.74) is 7.26. The number of benzene rings is 2. The maximum atomic E-state index is 13.8. The monoisotopic (exact) mass is 291 g/mol. The van der Waals surface area contributed by atoms with Crippen molar-refractivity contribution in [3.8, 4) is 11.4 Å². The summed E-state index contributed by atoms with van der Waals surface area (Å²) < 4.78 is 20.5. The maximum Gasteiger partial charge on any atom is 0.206 e. The summed E-state index contributed by atoms with van der Waals surface area (Å²) in [6.07, 6.45) is 0. The second-order valence-electron chi connectivity index (χ2n) is 4.23. The van der Waals surface area contributed by atoms with Crippen LogP contribution in [0.5, 0.6) is 5.75 Å². The van der Waals surface area contributed by atoms with Crippen molar-refractivity contribution in [3.05, 3.63) is 47.2 Å². The zero-order chi connectivity index (χ0) is 14.3. The van der Waals surface area contributed by atoms with Gasteiger partial charge >= 0.3 is 0 Å².